The van der Waals surface area contributed by atoms with Gasteiger partial charge in [-0.25, -0.2) is 17.5 Å². The van der Waals surface area contributed by atoms with Gasteiger partial charge in [-0.1, -0.05) is 19.0 Å². The zero-order valence-corrected chi connectivity index (χ0v) is 17.7. The summed E-state index contributed by atoms with van der Waals surface area (Å²) in [5.74, 6) is -3.75. The number of hydrogen-bond acceptors (Lipinski definition) is 7. The van der Waals surface area contributed by atoms with E-state index in [9.17, 15) is 27.2 Å². The highest BCUT2D eigenvalue weighted by molar-refractivity contribution is 7.89. The topological polar surface area (TPSA) is 135 Å². The Morgan fingerprint density at radius 3 is 2.61 bits per heavy atom. The number of Topliss-reactive ketones (excluding diaryl/α,β-unsaturated/α-hetero) is 2. The molecule has 2 heterocycles. The first-order valence-corrected chi connectivity index (χ1v) is 11.1. The number of amides is 1. The molecule has 166 valence electrons. The van der Waals surface area contributed by atoms with Crippen LogP contribution >= 0.6 is 0 Å². The zero-order valence-electron chi connectivity index (χ0n) is 16.9. The number of sulfonamides is 1. The minimum atomic E-state index is -4.11. The first-order valence-electron chi connectivity index (χ1n) is 9.63. The second kappa shape index (κ2) is 9.06. The van der Waals surface area contributed by atoms with Crippen LogP contribution in [0.25, 0.3) is 0 Å². The Morgan fingerprint density at radius 1 is 1.29 bits per heavy atom. The maximum atomic E-state index is 13.1. The molecule has 1 aliphatic heterocycles. The fourth-order valence-electron chi connectivity index (χ4n) is 3.35. The molecule has 0 bridgehead atoms. The van der Waals surface area contributed by atoms with Gasteiger partial charge in [0.05, 0.1) is 23.7 Å². The predicted octanol–water partition coefficient (Wildman–Crippen LogP) is 1.13. The SMILES string of the molecule is CC(C)C(NS(=O)(=O)c1ccc(F)cc1)C(=O)CC1Cc2cnoc2CNC(=O)C1=O. The highest BCUT2D eigenvalue weighted by atomic mass is 32.2. The highest BCUT2D eigenvalue weighted by Crippen LogP contribution is 2.22. The lowest BCUT2D eigenvalue weighted by Gasteiger charge is -2.24. The quantitative estimate of drug-likeness (QED) is 0.603. The standard InChI is InChI=1S/C20H22FN3O6S/c1-11(2)18(24-31(28,29)15-5-3-14(21)4-6-15)16(25)8-12-7-13-9-23-30-17(13)10-22-20(27)19(12)26/h3-6,9,11-12,18,24H,7-8,10H2,1-2H3,(H,22,27). The van der Waals surface area contributed by atoms with Gasteiger partial charge in [-0.3, -0.25) is 14.4 Å². The first-order chi connectivity index (χ1) is 14.6. The second-order valence-corrected chi connectivity index (χ2v) is 9.40. The van der Waals surface area contributed by atoms with Crippen LogP contribution in [0.15, 0.2) is 39.9 Å². The number of aromatic nitrogens is 1. The summed E-state index contributed by atoms with van der Waals surface area (Å²) in [5.41, 5.74) is 0.596. The van der Waals surface area contributed by atoms with Gasteiger partial charge in [0, 0.05) is 17.9 Å². The molecule has 0 aliphatic carbocycles. The van der Waals surface area contributed by atoms with Crippen molar-refractivity contribution in [3.8, 4) is 0 Å². The molecular weight excluding hydrogens is 429 g/mol. The van der Waals surface area contributed by atoms with Gasteiger partial charge < -0.3 is 9.84 Å². The molecule has 2 N–H and O–H groups in total. The molecule has 9 nitrogen and oxygen atoms in total. The number of hydrogen-bond donors (Lipinski definition) is 2. The highest BCUT2D eigenvalue weighted by Gasteiger charge is 2.35. The summed E-state index contributed by atoms with van der Waals surface area (Å²) in [6, 6.07) is 3.05. The van der Waals surface area contributed by atoms with E-state index in [-0.39, 0.29) is 24.3 Å². The van der Waals surface area contributed by atoms with E-state index in [0.29, 0.717) is 11.3 Å². The molecule has 3 rings (SSSR count). The fourth-order valence-corrected chi connectivity index (χ4v) is 4.71. The van der Waals surface area contributed by atoms with E-state index in [1.165, 1.54) is 6.20 Å². The molecule has 2 atom stereocenters. The van der Waals surface area contributed by atoms with Gasteiger partial charge >= 0.3 is 0 Å². The average Bonchev–Trinajstić information content (AvgIpc) is 3.15. The molecule has 31 heavy (non-hydrogen) atoms. The fraction of sp³-hybridized carbons (Fsp3) is 0.400. The van der Waals surface area contributed by atoms with E-state index >= 15 is 0 Å². The van der Waals surface area contributed by atoms with Crippen molar-refractivity contribution in [1.29, 1.82) is 0 Å². The molecule has 1 amide bonds. The Kier molecular flexibility index (Phi) is 6.65. The molecule has 0 radical (unpaired) electrons. The molecule has 1 aromatic carbocycles. The van der Waals surface area contributed by atoms with Gasteiger partial charge in [-0.05, 0) is 36.6 Å². The second-order valence-electron chi connectivity index (χ2n) is 7.69. The Labute approximate surface area is 178 Å². The van der Waals surface area contributed by atoms with Crippen molar-refractivity contribution in [1.82, 2.24) is 15.2 Å². The van der Waals surface area contributed by atoms with Gasteiger partial charge in [0.25, 0.3) is 5.91 Å². The molecule has 1 aliphatic rings. The van der Waals surface area contributed by atoms with E-state index in [4.69, 9.17) is 4.52 Å². The van der Waals surface area contributed by atoms with Gasteiger partial charge in [0.2, 0.25) is 15.8 Å². The van der Waals surface area contributed by atoms with Crippen LogP contribution in [0.2, 0.25) is 0 Å². The maximum Gasteiger partial charge on any atom is 0.288 e. The summed E-state index contributed by atoms with van der Waals surface area (Å²) in [7, 11) is -4.11. The van der Waals surface area contributed by atoms with Crippen molar-refractivity contribution in [2.24, 2.45) is 11.8 Å². The molecule has 2 aromatic rings. The molecule has 0 spiro atoms. The Hall–Kier alpha value is -2.92. The van der Waals surface area contributed by atoms with Crippen LogP contribution in [0.3, 0.4) is 0 Å². The van der Waals surface area contributed by atoms with E-state index in [1.807, 2.05) is 0 Å². The number of ketones is 2. The maximum absolute atomic E-state index is 13.1. The summed E-state index contributed by atoms with van der Waals surface area (Å²) in [6.45, 7) is 3.33. The predicted molar refractivity (Wildman–Crippen MR) is 106 cm³/mol. The number of nitrogens with zero attached hydrogens (tertiary/aromatic N) is 1. The summed E-state index contributed by atoms with van der Waals surface area (Å²) in [6.07, 6.45) is 1.16. The lowest BCUT2D eigenvalue weighted by Crippen LogP contribution is -2.46. The third-order valence-corrected chi connectivity index (χ3v) is 6.52. The van der Waals surface area contributed by atoms with Crippen LogP contribution in [0.5, 0.6) is 0 Å². The van der Waals surface area contributed by atoms with Crippen LogP contribution < -0.4 is 10.0 Å². The minimum absolute atomic E-state index is 0.0205. The van der Waals surface area contributed by atoms with Crippen LogP contribution in [-0.4, -0.2) is 37.1 Å². The van der Waals surface area contributed by atoms with Crippen molar-refractivity contribution in [2.45, 2.75) is 44.2 Å². The zero-order chi connectivity index (χ0) is 22.8. The van der Waals surface area contributed by atoms with Crippen molar-refractivity contribution in [3.63, 3.8) is 0 Å². The van der Waals surface area contributed by atoms with Crippen molar-refractivity contribution in [2.75, 3.05) is 0 Å². The number of rotatable bonds is 7. The van der Waals surface area contributed by atoms with Crippen LogP contribution in [0.1, 0.15) is 31.6 Å². The number of halogens is 1. The van der Waals surface area contributed by atoms with Gasteiger partial charge in [0.1, 0.15) is 5.82 Å². The van der Waals surface area contributed by atoms with Gasteiger partial charge in [-0.15, -0.1) is 0 Å². The number of carbonyl (C=O) groups is 3. The molecule has 1 aromatic heterocycles. The Bertz CT molecular complexity index is 1090. The number of fused-ring (bicyclic) bond motifs is 1. The van der Waals surface area contributed by atoms with Crippen molar-refractivity contribution >= 4 is 27.5 Å². The molecular formula is C20H22FN3O6S. The van der Waals surface area contributed by atoms with Crippen molar-refractivity contribution in [3.05, 3.63) is 47.6 Å². The molecule has 0 fully saturated rings. The van der Waals surface area contributed by atoms with Crippen LogP contribution in [0, 0.1) is 17.7 Å². The summed E-state index contributed by atoms with van der Waals surface area (Å²) < 4.78 is 45.8. The monoisotopic (exact) mass is 451 g/mol. The summed E-state index contributed by atoms with van der Waals surface area (Å²) in [4.78, 5) is 37.4. The third-order valence-electron chi connectivity index (χ3n) is 5.07. The average molecular weight is 451 g/mol. The third kappa shape index (κ3) is 5.23. The largest absolute Gasteiger partial charge is 0.359 e. The van der Waals surface area contributed by atoms with E-state index in [2.05, 4.69) is 15.2 Å². The number of nitrogens with one attached hydrogen (secondary N) is 2. The first kappa shape index (κ1) is 22.8. The number of benzene rings is 1. The molecule has 2 unspecified atom stereocenters. The summed E-state index contributed by atoms with van der Waals surface area (Å²) in [5, 5.41) is 6.08. The van der Waals surface area contributed by atoms with E-state index < -0.39 is 51.2 Å². The minimum Gasteiger partial charge on any atom is -0.359 e. The van der Waals surface area contributed by atoms with Crippen LogP contribution in [0.4, 0.5) is 4.39 Å². The van der Waals surface area contributed by atoms with Crippen LogP contribution in [-0.2, 0) is 37.4 Å². The van der Waals surface area contributed by atoms with Gasteiger partial charge in [-0.2, -0.15) is 0 Å². The molecule has 0 saturated carbocycles. The Morgan fingerprint density at radius 2 is 1.97 bits per heavy atom. The van der Waals surface area contributed by atoms with Crippen molar-refractivity contribution < 1.29 is 31.7 Å². The lowest BCUT2D eigenvalue weighted by atomic mass is 9.86. The number of carbonyl (C=O) groups excluding carboxylic acids is 3. The van der Waals surface area contributed by atoms with Gasteiger partial charge in [0.15, 0.2) is 11.5 Å². The Balaban J connectivity index is 1.80. The normalized spacial score (nSPS) is 18.1. The summed E-state index contributed by atoms with van der Waals surface area (Å²) >= 11 is 0. The molecule has 0 saturated heterocycles. The molecule has 11 heteroatoms. The smallest absolute Gasteiger partial charge is 0.288 e. The van der Waals surface area contributed by atoms with E-state index in [0.717, 1.165) is 24.3 Å². The lowest BCUT2D eigenvalue weighted by molar-refractivity contribution is -0.141. The van der Waals surface area contributed by atoms with E-state index in [1.54, 1.807) is 13.8 Å².